The first-order valence-corrected chi connectivity index (χ1v) is 8.07. The summed E-state index contributed by atoms with van der Waals surface area (Å²) in [5.74, 6) is 2.39. The van der Waals surface area contributed by atoms with Crippen LogP contribution in [0.5, 0.6) is 0 Å². The summed E-state index contributed by atoms with van der Waals surface area (Å²) < 4.78 is -0.628. The second kappa shape index (κ2) is 7.68. The standard InChI is InChI=1S/C14H25N3O5S.H2O/c1-7(11(21)22-16)17(10(20)8(15)6-9(18)19)12-13(2,3)23-14(12,4)5;/h7-8,12H,6,15-16H2,1-5H3,(H,18,19);1H2/t7-,8+;/m1./s1. The van der Waals surface area contributed by atoms with Gasteiger partial charge in [0, 0.05) is 9.49 Å². The average molecular weight is 365 g/mol. The van der Waals surface area contributed by atoms with E-state index < -0.39 is 36.4 Å². The zero-order valence-corrected chi connectivity index (χ0v) is 15.3. The minimum Gasteiger partial charge on any atom is -0.481 e. The highest BCUT2D eigenvalue weighted by Crippen LogP contribution is 2.57. The number of carbonyl (C=O) groups excluding carboxylic acids is 2. The van der Waals surface area contributed by atoms with Crippen LogP contribution in [-0.4, -0.2) is 60.9 Å². The zero-order chi connectivity index (χ0) is 18.2. The molecule has 7 N–H and O–H groups in total. The van der Waals surface area contributed by atoms with Crippen LogP contribution in [0.4, 0.5) is 0 Å². The van der Waals surface area contributed by atoms with Crippen molar-refractivity contribution in [1.29, 1.82) is 0 Å². The summed E-state index contributed by atoms with van der Waals surface area (Å²) in [6, 6.07) is -2.52. The number of hydrogen-bond donors (Lipinski definition) is 3. The van der Waals surface area contributed by atoms with Crippen molar-refractivity contribution in [3.8, 4) is 0 Å². The van der Waals surface area contributed by atoms with Crippen LogP contribution in [0.2, 0.25) is 0 Å². The van der Waals surface area contributed by atoms with Crippen LogP contribution < -0.4 is 11.6 Å². The van der Waals surface area contributed by atoms with Crippen LogP contribution in [-0.2, 0) is 19.2 Å². The Kier molecular flexibility index (Phi) is 7.25. The van der Waals surface area contributed by atoms with E-state index in [9.17, 15) is 14.4 Å². The Balaban J connectivity index is 0.00000529. The topological polar surface area (TPSA) is 167 Å². The normalized spacial score (nSPS) is 20.8. The molecule has 2 atom stereocenters. The Labute approximate surface area is 145 Å². The number of carboxylic acids is 1. The van der Waals surface area contributed by atoms with Crippen molar-refractivity contribution in [3.63, 3.8) is 0 Å². The van der Waals surface area contributed by atoms with Gasteiger partial charge in [0.05, 0.1) is 18.5 Å². The minimum absolute atomic E-state index is 0. The predicted molar refractivity (Wildman–Crippen MR) is 90.0 cm³/mol. The Morgan fingerprint density at radius 1 is 1.25 bits per heavy atom. The van der Waals surface area contributed by atoms with Crippen molar-refractivity contribution in [2.75, 3.05) is 0 Å². The van der Waals surface area contributed by atoms with Crippen molar-refractivity contribution >= 4 is 29.6 Å². The van der Waals surface area contributed by atoms with E-state index in [0.29, 0.717) is 0 Å². The van der Waals surface area contributed by atoms with Gasteiger partial charge in [-0.05, 0) is 34.6 Å². The van der Waals surface area contributed by atoms with Gasteiger partial charge in [0.15, 0.2) is 0 Å². The molecule has 9 nitrogen and oxygen atoms in total. The molecule has 0 saturated carbocycles. The van der Waals surface area contributed by atoms with Gasteiger partial charge >= 0.3 is 11.9 Å². The van der Waals surface area contributed by atoms with Gasteiger partial charge in [-0.15, -0.1) is 11.8 Å². The minimum atomic E-state index is -1.24. The van der Waals surface area contributed by atoms with Crippen molar-refractivity contribution in [2.45, 2.75) is 68.7 Å². The SMILES string of the molecule is C[C@H](C(=O)ON)N(C(=O)[C@@H](N)CC(=O)O)C1C(C)(C)SC1(C)C.O. The summed E-state index contributed by atoms with van der Waals surface area (Å²) >= 11 is 1.67. The lowest BCUT2D eigenvalue weighted by molar-refractivity contribution is -0.159. The molecule has 140 valence electrons. The van der Waals surface area contributed by atoms with Crippen molar-refractivity contribution in [2.24, 2.45) is 11.6 Å². The predicted octanol–water partition coefficient (Wildman–Crippen LogP) is -0.730. The zero-order valence-electron chi connectivity index (χ0n) is 14.5. The number of nitrogens with two attached hydrogens (primary N) is 2. The van der Waals surface area contributed by atoms with Crippen LogP contribution in [0, 0.1) is 0 Å². The smallest absolute Gasteiger partial charge is 0.347 e. The molecule has 0 radical (unpaired) electrons. The number of carbonyl (C=O) groups is 3. The molecule has 1 fully saturated rings. The van der Waals surface area contributed by atoms with E-state index in [2.05, 4.69) is 4.84 Å². The molecule has 10 heteroatoms. The van der Waals surface area contributed by atoms with E-state index in [-0.39, 0.29) is 21.0 Å². The second-order valence-electron chi connectivity index (χ2n) is 6.77. The number of rotatable bonds is 6. The summed E-state index contributed by atoms with van der Waals surface area (Å²) in [5, 5.41) is 8.86. The summed E-state index contributed by atoms with van der Waals surface area (Å²) in [5.41, 5.74) is 5.73. The monoisotopic (exact) mass is 365 g/mol. The van der Waals surface area contributed by atoms with Gasteiger partial charge in [-0.1, -0.05) is 0 Å². The number of carboxylic acid groups (broad SMARTS) is 1. The highest BCUT2D eigenvalue weighted by molar-refractivity contribution is 8.03. The Hall–Kier alpha value is -1.36. The molecule has 0 spiro atoms. The summed E-state index contributed by atoms with van der Waals surface area (Å²) in [6.45, 7) is 9.32. The molecule has 0 bridgehead atoms. The number of amides is 1. The van der Waals surface area contributed by atoms with Crippen molar-refractivity contribution in [1.82, 2.24) is 4.90 Å². The molecule has 0 aromatic heterocycles. The first kappa shape index (κ1) is 22.6. The Morgan fingerprint density at radius 2 is 1.71 bits per heavy atom. The molecule has 0 aromatic rings. The van der Waals surface area contributed by atoms with Crippen molar-refractivity contribution in [3.05, 3.63) is 0 Å². The molecular weight excluding hydrogens is 338 g/mol. The fourth-order valence-corrected chi connectivity index (χ4v) is 5.67. The molecule has 24 heavy (non-hydrogen) atoms. The van der Waals surface area contributed by atoms with Crippen LogP contribution in [0.25, 0.3) is 0 Å². The van der Waals surface area contributed by atoms with Gasteiger partial charge in [0.2, 0.25) is 5.91 Å². The molecule has 1 heterocycles. The van der Waals surface area contributed by atoms with Gasteiger partial charge in [-0.2, -0.15) is 5.90 Å². The van der Waals surface area contributed by atoms with Gasteiger partial charge < -0.3 is 26.1 Å². The van der Waals surface area contributed by atoms with Crippen LogP contribution >= 0.6 is 11.8 Å². The lowest BCUT2D eigenvalue weighted by Gasteiger charge is -2.61. The first-order chi connectivity index (χ1) is 10.3. The van der Waals surface area contributed by atoms with Crippen LogP contribution in [0.3, 0.4) is 0 Å². The molecule has 1 aliphatic rings. The quantitative estimate of drug-likeness (QED) is 0.518. The first-order valence-electron chi connectivity index (χ1n) is 7.25. The van der Waals surface area contributed by atoms with E-state index in [4.69, 9.17) is 16.7 Å². The number of nitrogens with zero attached hydrogens (tertiary/aromatic N) is 1. The lowest BCUT2D eigenvalue weighted by atomic mass is 9.86. The fraction of sp³-hybridized carbons (Fsp3) is 0.786. The molecule has 1 amide bonds. The Morgan fingerprint density at radius 3 is 2.04 bits per heavy atom. The maximum absolute atomic E-state index is 12.7. The maximum Gasteiger partial charge on any atom is 0.347 e. The summed E-state index contributed by atoms with van der Waals surface area (Å²) in [7, 11) is 0. The molecule has 0 aliphatic carbocycles. The third kappa shape index (κ3) is 4.38. The van der Waals surface area contributed by atoms with Crippen LogP contribution in [0.1, 0.15) is 41.0 Å². The molecular formula is C14H27N3O6S. The van der Waals surface area contributed by atoms with E-state index >= 15 is 0 Å². The van der Waals surface area contributed by atoms with Gasteiger partial charge in [-0.25, -0.2) is 4.79 Å². The van der Waals surface area contributed by atoms with Gasteiger partial charge in [0.1, 0.15) is 6.04 Å². The van der Waals surface area contributed by atoms with Crippen molar-refractivity contribution < 1.29 is 29.8 Å². The number of thioether (sulfide) groups is 1. The Bertz CT molecular complexity index is 497. The fourth-order valence-electron chi connectivity index (χ4n) is 3.46. The van der Waals surface area contributed by atoms with Gasteiger partial charge in [0.25, 0.3) is 0 Å². The van der Waals surface area contributed by atoms with E-state index in [1.807, 2.05) is 27.7 Å². The third-order valence-corrected chi connectivity index (χ3v) is 5.46. The number of aliphatic carboxylic acids is 1. The number of hydrogen-bond acceptors (Lipinski definition) is 7. The molecule has 0 unspecified atom stereocenters. The summed E-state index contributed by atoms with van der Waals surface area (Å²) in [6.07, 6.45) is -0.513. The van der Waals surface area contributed by atoms with Crippen LogP contribution in [0.15, 0.2) is 0 Å². The lowest BCUT2D eigenvalue weighted by Crippen LogP contribution is -2.72. The maximum atomic E-state index is 12.7. The highest BCUT2D eigenvalue weighted by atomic mass is 32.2. The van der Waals surface area contributed by atoms with E-state index in [1.54, 1.807) is 11.8 Å². The van der Waals surface area contributed by atoms with E-state index in [1.165, 1.54) is 11.8 Å². The van der Waals surface area contributed by atoms with Gasteiger partial charge in [-0.3, -0.25) is 9.59 Å². The summed E-state index contributed by atoms with van der Waals surface area (Å²) in [4.78, 5) is 41.0. The average Bonchev–Trinajstić information content (AvgIpc) is 2.39. The largest absolute Gasteiger partial charge is 0.481 e. The molecule has 1 rings (SSSR count). The molecule has 1 aliphatic heterocycles. The second-order valence-corrected chi connectivity index (χ2v) is 9.08. The third-order valence-electron chi connectivity index (χ3n) is 3.96. The molecule has 1 saturated heterocycles. The van der Waals surface area contributed by atoms with E-state index in [0.717, 1.165) is 0 Å². The highest BCUT2D eigenvalue weighted by Gasteiger charge is 2.59. The molecule has 0 aromatic carbocycles.